The molecule has 0 atom stereocenters. The molecular formula is C19H17N3O3. The largest absolute Gasteiger partial charge is 0.420 e. The van der Waals surface area contributed by atoms with Crippen LogP contribution in [0.2, 0.25) is 0 Å². The minimum absolute atomic E-state index is 0.0256. The van der Waals surface area contributed by atoms with E-state index in [9.17, 15) is 4.79 Å². The van der Waals surface area contributed by atoms with Gasteiger partial charge in [-0.3, -0.25) is 4.57 Å². The molecule has 6 heteroatoms. The molecule has 0 aliphatic heterocycles. The van der Waals surface area contributed by atoms with E-state index in [4.69, 9.17) is 8.94 Å². The van der Waals surface area contributed by atoms with E-state index < -0.39 is 0 Å². The van der Waals surface area contributed by atoms with Crippen LogP contribution < -0.4 is 5.76 Å². The van der Waals surface area contributed by atoms with Gasteiger partial charge in [-0.25, -0.2) is 4.79 Å². The number of hydrogen-bond donors (Lipinski definition) is 0. The predicted octanol–water partition coefficient (Wildman–Crippen LogP) is 4.20. The second-order valence-corrected chi connectivity index (χ2v) is 6.31. The Kier molecular flexibility index (Phi) is 3.53. The van der Waals surface area contributed by atoms with Gasteiger partial charge in [0.2, 0.25) is 5.82 Å². The zero-order valence-electron chi connectivity index (χ0n) is 14.2. The highest BCUT2D eigenvalue weighted by atomic mass is 16.5. The van der Waals surface area contributed by atoms with Gasteiger partial charge in [-0.1, -0.05) is 22.9 Å². The lowest BCUT2D eigenvalue weighted by atomic mass is 10.1. The Morgan fingerprint density at radius 2 is 1.92 bits per heavy atom. The molecule has 126 valence electrons. The summed E-state index contributed by atoms with van der Waals surface area (Å²) >= 11 is 0. The van der Waals surface area contributed by atoms with Crippen molar-refractivity contribution in [3.8, 4) is 22.8 Å². The molecule has 2 aromatic heterocycles. The molecule has 2 heterocycles. The average molecular weight is 335 g/mol. The van der Waals surface area contributed by atoms with Crippen molar-refractivity contribution in [2.24, 2.45) is 0 Å². The van der Waals surface area contributed by atoms with Gasteiger partial charge < -0.3 is 8.94 Å². The quantitative estimate of drug-likeness (QED) is 0.561. The molecule has 0 unspecified atom stereocenters. The topological polar surface area (TPSA) is 74.1 Å². The van der Waals surface area contributed by atoms with Crippen molar-refractivity contribution in [3.63, 3.8) is 0 Å². The molecule has 0 amide bonds. The van der Waals surface area contributed by atoms with Gasteiger partial charge in [0, 0.05) is 17.2 Å². The molecule has 25 heavy (non-hydrogen) atoms. The minimum atomic E-state index is -0.365. The molecular weight excluding hydrogens is 318 g/mol. The van der Waals surface area contributed by atoms with E-state index >= 15 is 0 Å². The van der Waals surface area contributed by atoms with Crippen molar-refractivity contribution < 1.29 is 8.94 Å². The van der Waals surface area contributed by atoms with Crippen LogP contribution >= 0.6 is 0 Å². The predicted molar refractivity (Wildman–Crippen MR) is 94.3 cm³/mol. The van der Waals surface area contributed by atoms with Crippen LogP contribution in [-0.2, 0) is 0 Å². The standard InChI is InChI=1S/C19H17N3O3/c1-11(2)22-15-8-7-13(10-16(15)24-19(22)23)17-20-18(25-21-17)14-6-4-5-12(3)9-14/h4-11H,1-3H3. The summed E-state index contributed by atoms with van der Waals surface area (Å²) in [5, 5.41) is 4.05. The Morgan fingerprint density at radius 1 is 1.08 bits per heavy atom. The number of aromatic nitrogens is 3. The molecule has 0 aliphatic rings. The van der Waals surface area contributed by atoms with E-state index in [-0.39, 0.29) is 11.8 Å². The van der Waals surface area contributed by atoms with Crippen LogP contribution in [0.1, 0.15) is 25.5 Å². The number of rotatable bonds is 3. The maximum absolute atomic E-state index is 12.0. The van der Waals surface area contributed by atoms with Gasteiger partial charge in [0.15, 0.2) is 5.58 Å². The molecule has 0 radical (unpaired) electrons. The third-order valence-corrected chi connectivity index (χ3v) is 4.08. The molecule has 0 fully saturated rings. The van der Waals surface area contributed by atoms with E-state index in [0.717, 1.165) is 22.2 Å². The number of benzene rings is 2. The van der Waals surface area contributed by atoms with Gasteiger partial charge in [0.05, 0.1) is 5.52 Å². The van der Waals surface area contributed by atoms with Gasteiger partial charge in [-0.05, 0) is 51.1 Å². The summed E-state index contributed by atoms with van der Waals surface area (Å²) in [6, 6.07) is 13.4. The van der Waals surface area contributed by atoms with Crippen LogP contribution in [0.3, 0.4) is 0 Å². The second-order valence-electron chi connectivity index (χ2n) is 6.31. The fourth-order valence-electron chi connectivity index (χ4n) is 2.90. The number of fused-ring (bicyclic) bond motifs is 1. The molecule has 2 aromatic carbocycles. The third-order valence-electron chi connectivity index (χ3n) is 4.08. The van der Waals surface area contributed by atoms with Gasteiger partial charge in [-0.2, -0.15) is 4.98 Å². The highest BCUT2D eigenvalue weighted by molar-refractivity contribution is 5.79. The summed E-state index contributed by atoms with van der Waals surface area (Å²) in [7, 11) is 0. The van der Waals surface area contributed by atoms with Crippen LogP contribution in [0.15, 0.2) is 56.2 Å². The van der Waals surface area contributed by atoms with Gasteiger partial charge in [0.25, 0.3) is 5.89 Å². The molecule has 0 spiro atoms. The van der Waals surface area contributed by atoms with Crippen molar-refractivity contribution in [2.75, 3.05) is 0 Å². The zero-order chi connectivity index (χ0) is 17.6. The first kappa shape index (κ1) is 15.4. The van der Waals surface area contributed by atoms with E-state index in [1.54, 1.807) is 10.6 Å². The van der Waals surface area contributed by atoms with Crippen molar-refractivity contribution in [2.45, 2.75) is 26.8 Å². The van der Waals surface area contributed by atoms with E-state index in [1.165, 1.54) is 0 Å². The average Bonchev–Trinajstić information content (AvgIpc) is 3.17. The van der Waals surface area contributed by atoms with Crippen molar-refractivity contribution in [3.05, 3.63) is 58.6 Å². The molecule has 6 nitrogen and oxygen atoms in total. The van der Waals surface area contributed by atoms with Gasteiger partial charge in [-0.15, -0.1) is 0 Å². The Balaban J connectivity index is 1.77. The molecule has 0 aliphatic carbocycles. The summed E-state index contributed by atoms with van der Waals surface area (Å²) in [5.41, 5.74) is 4.00. The molecule has 0 bridgehead atoms. The van der Waals surface area contributed by atoms with Gasteiger partial charge >= 0.3 is 5.76 Å². The molecule has 0 saturated carbocycles. The zero-order valence-corrected chi connectivity index (χ0v) is 14.2. The van der Waals surface area contributed by atoms with Crippen LogP contribution in [0.4, 0.5) is 0 Å². The number of nitrogens with zero attached hydrogens (tertiary/aromatic N) is 3. The second kappa shape index (κ2) is 5.73. The Morgan fingerprint density at radius 3 is 2.68 bits per heavy atom. The Hall–Kier alpha value is -3.15. The van der Waals surface area contributed by atoms with Crippen LogP contribution in [-0.4, -0.2) is 14.7 Å². The van der Waals surface area contributed by atoms with Crippen LogP contribution in [0.25, 0.3) is 33.9 Å². The van der Waals surface area contributed by atoms with Crippen molar-refractivity contribution in [1.82, 2.24) is 14.7 Å². The lowest BCUT2D eigenvalue weighted by molar-refractivity contribution is 0.432. The normalized spacial score (nSPS) is 11.5. The van der Waals surface area contributed by atoms with Crippen LogP contribution in [0.5, 0.6) is 0 Å². The summed E-state index contributed by atoms with van der Waals surface area (Å²) in [6.45, 7) is 5.89. The number of aryl methyl sites for hydroxylation is 1. The maximum Gasteiger partial charge on any atom is 0.420 e. The van der Waals surface area contributed by atoms with Crippen molar-refractivity contribution >= 4 is 11.1 Å². The first-order chi connectivity index (χ1) is 12.0. The SMILES string of the molecule is Cc1cccc(-c2nc(-c3ccc4c(c3)oc(=O)n4C(C)C)no2)c1. The minimum Gasteiger partial charge on any atom is -0.408 e. The van der Waals surface area contributed by atoms with Crippen molar-refractivity contribution in [1.29, 1.82) is 0 Å². The van der Waals surface area contributed by atoms with E-state index in [2.05, 4.69) is 10.1 Å². The molecule has 4 rings (SSSR count). The van der Waals surface area contributed by atoms with E-state index in [0.29, 0.717) is 17.3 Å². The first-order valence-electron chi connectivity index (χ1n) is 8.09. The number of oxazole rings is 1. The summed E-state index contributed by atoms with van der Waals surface area (Å²) in [5.74, 6) is 0.550. The maximum atomic E-state index is 12.0. The lowest BCUT2D eigenvalue weighted by Gasteiger charge is -2.04. The van der Waals surface area contributed by atoms with Crippen LogP contribution in [0, 0.1) is 6.92 Å². The first-order valence-corrected chi connectivity index (χ1v) is 8.09. The summed E-state index contributed by atoms with van der Waals surface area (Å²) in [6.07, 6.45) is 0. The monoisotopic (exact) mass is 335 g/mol. The summed E-state index contributed by atoms with van der Waals surface area (Å²) in [4.78, 5) is 16.5. The van der Waals surface area contributed by atoms with E-state index in [1.807, 2.05) is 57.2 Å². The third kappa shape index (κ3) is 2.65. The fraction of sp³-hybridized carbons (Fsp3) is 0.211. The highest BCUT2D eigenvalue weighted by Gasteiger charge is 2.15. The highest BCUT2D eigenvalue weighted by Crippen LogP contribution is 2.26. The fourth-order valence-corrected chi connectivity index (χ4v) is 2.90. The van der Waals surface area contributed by atoms with Gasteiger partial charge in [0.1, 0.15) is 0 Å². The summed E-state index contributed by atoms with van der Waals surface area (Å²) < 4.78 is 12.4. The molecule has 0 N–H and O–H groups in total. The lowest BCUT2D eigenvalue weighted by Crippen LogP contribution is -2.15. The Labute approximate surface area is 143 Å². The molecule has 4 aromatic rings. The number of hydrogen-bond acceptors (Lipinski definition) is 5. The molecule has 0 saturated heterocycles. The smallest absolute Gasteiger partial charge is 0.408 e. The Bertz CT molecular complexity index is 1120.